The molecule has 0 saturated carbocycles. The number of amides is 1. The van der Waals surface area contributed by atoms with E-state index >= 15 is 0 Å². The number of rotatable bonds is 4. The lowest BCUT2D eigenvalue weighted by atomic mass is 9.88. The Morgan fingerprint density at radius 1 is 1.40 bits per heavy atom. The van der Waals surface area contributed by atoms with Crippen molar-refractivity contribution >= 4 is 11.7 Å². The number of pyridine rings is 1. The molecule has 2 heterocycles. The molecule has 2 rings (SSSR count). The van der Waals surface area contributed by atoms with Crippen LogP contribution in [0.1, 0.15) is 44.0 Å². The number of aromatic nitrogens is 1. The van der Waals surface area contributed by atoms with E-state index in [0.29, 0.717) is 17.4 Å². The summed E-state index contributed by atoms with van der Waals surface area (Å²) in [5, 5.41) is 3.22. The lowest BCUT2D eigenvalue weighted by Crippen LogP contribution is -2.42. The van der Waals surface area contributed by atoms with Crippen molar-refractivity contribution in [3.05, 3.63) is 23.9 Å². The Morgan fingerprint density at radius 2 is 2.20 bits per heavy atom. The summed E-state index contributed by atoms with van der Waals surface area (Å²) in [4.78, 5) is 18.7. The van der Waals surface area contributed by atoms with Gasteiger partial charge in [0.1, 0.15) is 5.82 Å². The standard InChI is InChI=1S/C16H25N3O/c1-4-8-17-15-6-5-14(10-18-15)16(20)19-9-7-12(2)13(3)11-19/h5-6,10,12-13H,4,7-9,11H2,1-3H3,(H,17,18). The summed E-state index contributed by atoms with van der Waals surface area (Å²) in [6.07, 6.45) is 3.84. The molecular weight excluding hydrogens is 250 g/mol. The molecule has 1 N–H and O–H groups in total. The molecule has 0 radical (unpaired) electrons. The summed E-state index contributed by atoms with van der Waals surface area (Å²) in [5.74, 6) is 2.23. The van der Waals surface area contributed by atoms with E-state index in [1.165, 1.54) is 0 Å². The molecule has 4 nitrogen and oxygen atoms in total. The van der Waals surface area contributed by atoms with Gasteiger partial charge in [-0.05, 0) is 36.8 Å². The van der Waals surface area contributed by atoms with Gasteiger partial charge < -0.3 is 10.2 Å². The minimum absolute atomic E-state index is 0.110. The molecule has 2 unspecified atom stereocenters. The number of likely N-dealkylation sites (tertiary alicyclic amines) is 1. The van der Waals surface area contributed by atoms with E-state index in [-0.39, 0.29) is 5.91 Å². The topological polar surface area (TPSA) is 45.2 Å². The van der Waals surface area contributed by atoms with Gasteiger partial charge in [0, 0.05) is 25.8 Å². The van der Waals surface area contributed by atoms with Crippen molar-refractivity contribution in [1.29, 1.82) is 0 Å². The van der Waals surface area contributed by atoms with Crippen LogP contribution in [0.4, 0.5) is 5.82 Å². The third kappa shape index (κ3) is 3.50. The van der Waals surface area contributed by atoms with Gasteiger partial charge in [-0.1, -0.05) is 20.8 Å². The first-order chi connectivity index (χ1) is 9.61. The number of hydrogen-bond acceptors (Lipinski definition) is 3. The Hall–Kier alpha value is -1.58. The number of carbonyl (C=O) groups is 1. The Bertz CT molecular complexity index is 444. The minimum atomic E-state index is 0.110. The fraction of sp³-hybridized carbons (Fsp3) is 0.625. The van der Waals surface area contributed by atoms with Gasteiger partial charge in [-0.3, -0.25) is 4.79 Å². The van der Waals surface area contributed by atoms with Gasteiger partial charge in [0.15, 0.2) is 0 Å². The zero-order valence-electron chi connectivity index (χ0n) is 12.7. The van der Waals surface area contributed by atoms with Gasteiger partial charge in [0.05, 0.1) is 5.56 Å². The fourth-order valence-electron chi connectivity index (χ4n) is 2.51. The van der Waals surface area contributed by atoms with E-state index in [1.54, 1.807) is 6.20 Å². The zero-order chi connectivity index (χ0) is 14.5. The summed E-state index contributed by atoms with van der Waals surface area (Å²) in [7, 11) is 0. The van der Waals surface area contributed by atoms with E-state index in [1.807, 2.05) is 17.0 Å². The van der Waals surface area contributed by atoms with Crippen LogP contribution in [0.3, 0.4) is 0 Å². The molecule has 1 aliphatic heterocycles. The second kappa shape index (κ2) is 6.73. The van der Waals surface area contributed by atoms with Gasteiger partial charge in [-0.2, -0.15) is 0 Å². The minimum Gasteiger partial charge on any atom is -0.370 e. The number of nitrogens with one attached hydrogen (secondary N) is 1. The van der Waals surface area contributed by atoms with Crippen LogP contribution in [0.25, 0.3) is 0 Å². The highest BCUT2D eigenvalue weighted by Gasteiger charge is 2.26. The van der Waals surface area contributed by atoms with Crippen LogP contribution in [0.2, 0.25) is 0 Å². The number of carbonyl (C=O) groups excluding carboxylic acids is 1. The van der Waals surface area contributed by atoms with Crippen LogP contribution < -0.4 is 5.32 Å². The number of nitrogens with zero attached hydrogens (tertiary/aromatic N) is 2. The monoisotopic (exact) mass is 275 g/mol. The number of anilines is 1. The third-order valence-corrected chi connectivity index (χ3v) is 4.19. The largest absolute Gasteiger partial charge is 0.370 e. The van der Waals surface area contributed by atoms with Crippen LogP contribution in [-0.4, -0.2) is 35.4 Å². The van der Waals surface area contributed by atoms with E-state index in [0.717, 1.165) is 38.3 Å². The lowest BCUT2D eigenvalue weighted by Gasteiger charge is -2.35. The fourth-order valence-corrected chi connectivity index (χ4v) is 2.51. The van der Waals surface area contributed by atoms with Crippen molar-refractivity contribution in [3.8, 4) is 0 Å². The van der Waals surface area contributed by atoms with Crippen molar-refractivity contribution in [2.24, 2.45) is 11.8 Å². The average Bonchev–Trinajstić information content (AvgIpc) is 2.48. The van der Waals surface area contributed by atoms with E-state index in [9.17, 15) is 4.79 Å². The van der Waals surface area contributed by atoms with E-state index < -0.39 is 0 Å². The zero-order valence-corrected chi connectivity index (χ0v) is 12.7. The smallest absolute Gasteiger partial charge is 0.255 e. The van der Waals surface area contributed by atoms with Gasteiger partial charge >= 0.3 is 0 Å². The maximum atomic E-state index is 12.4. The quantitative estimate of drug-likeness (QED) is 0.918. The van der Waals surface area contributed by atoms with Gasteiger partial charge in [-0.25, -0.2) is 4.98 Å². The van der Waals surface area contributed by atoms with Crippen molar-refractivity contribution in [2.75, 3.05) is 25.0 Å². The summed E-state index contributed by atoms with van der Waals surface area (Å²) < 4.78 is 0. The van der Waals surface area contributed by atoms with Crippen LogP contribution in [0, 0.1) is 11.8 Å². The van der Waals surface area contributed by atoms with Gasteiger partial charge in [0.25, 0.3) is 5.91 Å². The highest BCUT2D eigenvalue weighted by molar-refractivity contribution is 5.94. The molecule has 1 aliphatic rings. The van der Waals surface area contributed by atoms with Crippen molar-refractivity contribution in [3.63, 3.8) is 0 Å². The molecule has 0 spiro atoms. The molecule has 110 valence electrons. The van der Waals surface area contributed by atoms with Crippen LogP contribution in [0.15, 0.2) is 18.3 Å². The van der Waals surface area contributed by atoms with Crippen LogP contribution in [-0.2, 0) is 0 Å². The molecule has 0 aliphatic carbocycles. The Morgan fingerprint density at radius 3 is 2.80 bits per heavy atom. The summed E-state index contributed by atoms with van der Waals surface area (Å²) in [5.41, 5.74) is 0.689. The van der Waals surface area contributed by atoms with Crippen molar-refractivity contribution in [2.45, 2.75) is 33.6 Å². The molecule has 1 aromatic heterocycles. The average molecular weight is 275 g/mol. The molecule has 20 heavy (non-hydrogen) atoms. The molecule has 0 aromatic carbocycles. The van der Waals surface area contributed by atoms with Crippen LogP contribution >= 0.6 is 0 Å². The second-order valence-electron chi connectivity index (χ2n) is 5.85. The Labute approximate surface area is 121 Å². The second-order valence-corrected chi connectivity index (χ2v) is 5.85. The molecule has 4 heteroatoms. The Kier molecular flexibility index (Phi) is 4.99. The summed E-state index contributed by atoms with van der Waals surface area (Å²) >= 11 is 0. The molecule has 1 fully saturated rings. The molecule has 2 atom stereocenters. The van der Waals surface area contributed by atoms with Crippen molar-refractivity contribution < 1.29 is 4.79 Å². The molecule has 1 saturated heterocycles. The first kappa shape index (κ1) is 14.8. The molecule has 1 aromatic rings. The normalized spacial score (nSPS) is 22.6. The first-order valence-electron chi connectivity index (χ1n) is 7.61. The summed E-state index contributed by atoms with van der Waals surface area (Å²) in [6.45, 7) is 9.23. The SMILES string of the molecule is CCCNc1ccc(C(=O)N2CCC(C)C(C)C2)cn1. The maximum Gasteiger partial charge on any atom is 0.255 e. The lowest BCUT2D eigenvalue weighted by molar-refractivity contribution is 0.0627. The Balaban J connectivity index is 1.98. The maximum absolute atomic E-state index is 12.4. The van der Waals surface area contributed by atoms with E-state index in [4.69, 9.17) is 0 Å². The number of hydrogen-bond donors (Lipinski definition) is 1. The third-order valence-electron chi connectivity index (χ3n) is 4.19. The van der Waals surface area contributed by atoms with E-state index in [2.05, 4.69) is 31.1 Å². The molecule has 0 bridgehead atoms. The van der Waals surface area contributed by atoms with Gasteiger partial charge in [0.2, 0.25) is 0 Å². The number of piperidine rings is 1. The first-order valence-corrected chi connectivity index (χ1v) is 7.61. The highest BCUT2D eigenvalue weighted by atomic mass is 16.2. The predicted molar refractivity (Wildman–Crippen MR) is 81.9 cm³/mol. The predicted octanol–water partition coefficient (Wildman–Crippen LogP) is 3.02. The van der Waals surface area contributed by atoms with Crippen molar-refractivity contribution in [1.82, 2.24) is 9.88 Å². The highest BCUT2D eigenvalue weighted by Crippen LogP contribution is 2.23. The van der Waals surface area contributed by atoms with Crippen LogP contribution in [0.5, 0.6) is 0 Å². The molecule has 1 amide bonds. The summed E-state index contributed by atoms with van der Waals surface area (Å²) in [6, 6.07) is 3.76. The molecular formula is C16H25N3O. The van der Waals surface area contributed by atoms with Gasteiger partial charge in [-0.15, -0.1) is 0 Å².